The lowest BCUT2D eigenvalue weighted by Crippen LogP contribution is -2.30. The van der Waals surface area contributed by atoms with Crippen LogP contribution in [0.2, 0.25) is 0 Å². The van der Waals surface area contributed by atoms with Crippen LogP contribution in [-0.4, -0.2) is 96.7 Å². The number of aliphatic hydroxyl groups excluding tert-OH is 1. The lowest BCUT2D eigenvalue weighted by atomic mass is 10.0. The molecule has 0 saturated heterocycles. The maximum absolute atomic E-state index is 13.1. The van der Waals surface area contributed by atoms with Gasteiger partial charge in [-0.25, -0.2) is 9.13 Å². The van der Waals surface area contributed by atoms with Crippen LogP contribution in [0, 0.1) is 5.92 Å². The van der Waals surface area contributed by atoms with Gasteiger partial charge < -0.3 is 33.8 Å². The molecule has 0 aromatic carbocycles. The molecule has 2 unspecified atom stereocenters. The molecule has 0 aliphatic heterocycles. The van der Waals surface area contributed by atoms with Gasteiger partial charge in [-0.2, -0.15) is 0 Å². The Morgan fingerprint density at radius 3 is 0.654 bits per heavy atom. The molecule has 5 atom stereocenters. The van der Waals surface area contributed by atoms with Crippen LogP contribution >= 0.6 is 15.6 Å². The lowest BCUT2D eigenvalue weighted by Gasteiger charge is -2.21. The second-order valence-corrected chi connectivity index (χ2v) is 34.0. The third-order valence-corrected chi connectivity index (χ3v) is 21.9. The predicted octanol–water partition coefficient (Wildman–Crippen LogP) is 26.0. The lowest BCUT2D eigenvalue weighted by molar-refractivity contribution is -0.161. The summed E-state index contributed by atoms with van der Waals surface area (Å²) in [6, 6.07) is 0. The number of hydrogen-bond donors (Lipinski definition) is 3. The molecule has 19 heteroatoms. The molecular weight excluding hydrogens is 1350 g/mol. The summed E-state index contributed by atoms with van der Waals surface area (Å²) in [6.07, 6.45) is 70.9. The molecule has 0 aliphatic rings. The average molecular weight is 1520 g/mol. The van der Waals surface area contributed by atoms with Crippen molar-refractivity contribution in [2.24, 2.45) is 5.92 Å². The van der Waals surface area contributed by atoms with Crippen LogP contribution in [0.4, 0.5) is 0 Å². The van der Waals surface area contributed by atoms with Crippen LogP contribution < -0.4 is 0 Å². The van der Waals surface area contributed by atoms with Crippen molar-refractivity contribution in [3.05, 3.63) is 0 Å². The van der Waals surface area contributed by atoms with E-state index in [9.17, 15) is 43.2 Å². The summed E-state index contributed by atoms with van der Waals surface area (Å²) in [6.45, 7) is 7.36. The Kier molecular flexibility index (Phi) is 76.3. The summed E-state index contributed by atoms with van der Waals surface area (Å²) in [5.41, 5.74) is 0. The second-order valence-electron chi connectivity index (χ2n) is 31.1. The first-order chi connectivity index (χ1) is 50.5. The van der Waals surface area contributed by atoms with E-state index in [2.05, 4.69) is 34.6 Å². The van der Waals surface area contributed by atoms with Gasteiger partial charge >= 0.3 is 39.5 Å². The summed E-state index contributed by atoms with van der Waals surface area (Å²) >= 11 is 0. The standard InChI is InChI=1S/C85H166O17P2/c1-6-9-12-15-18-21-23-25-27-29-31-33-35-40-44-49-54-59-64-69-83(88)96-75-81(102-85(90)70-65-60-55-50-45-41-36-34-32-30-28-26-24-22-19-16-13-10-7-2)77-100-104(93,94)98-73-79(86)72-97-103(91,92)99-76-80(74-95-82(87)68-63-58-53-47-20-17-14-11-8-3)101-84(89)71-66-61-56-51-46-42-38-37-39-43-48-52-57-62-67-78(4)5/h78-81,86H,6-77H2,1-5H3,(H,91,92)(H,93,94)/t79-,80+,81+/m0/s1. The van der Waals surface area contributed by atoms with Gasteiger partial charge in [-0.05, 0) is 31.6 Å². The van der Waals surface area contributed by atoms with Gasteiger partial charge in [-0.1, -0.05) is 407 Å². The van der Waals surface area contributed by atoms with E-state index >= 15 is 0 Å². The van der Waals surface area contributed by atoms with E-state index in [0.29, 0.717) is 25.7 Å². The minimum absolute atomic E-state index is 0.108. The number of hydrogen-bond acceptors (Lipinski definition) is 15. The van der Waals surface area contributed by atoms with Crippen LogP contribution in [-0.2, 0) is 65.4 Å². The van der Waals surface area contributed by atoms with E-state index in [1.165, 1.54) is 283 Å². The summed E-state index contributed by atoms with van der Waals surface area (Å²) in [5, 5.41) is 10.7. The fraction of sp³-hybridized carbons (Fsp3) is 0.953. The first-order valence-corrected chi connectivity index (χ1v) is 47.1. The Labute approximate surface area is 638 Å². The van der Waals surface area contributed by atoms with Gasteiger partial charge in [0.25, 0.3) is 0 Å². The maximum atomic E-state index is 13.1. The highest BCUT2D eigenvalue weighted by Crippen LogP contribution is 2.45. The molecule has 618 valence electrons. The molecule has 0 radical (unpaired) electrons. The maximum Gasteiger partial charge on any atom is 0.472 e. The second kappa shape index (κ2) is 77.8. The van der Waals surface area contributed by atoms with Crippen LogP contribution in [0.5, 0.6) is 0 Å². The molecule has 0 rings (SSSR count). The molecule has 0 bridgehead atoms. The zero-order valence-corrected chi connectivity index (χ0v) is 70.0. The summed E-state index contributed by atoms with van der Waals surface area (Å²) in [7, 11) is -9.92. The molecule has 0 spiro atoms. The van der Waals surface area contributed by atoms with Crippen molar-refractivity contribution < 1.29 is 80.2 Å². The van der Waals surface area contributed by atoms with Crippen molar-refractivity contribution in [2.75, 3.05) is 39.6 Å². The van der Waals surface area contributed by atoms with Crippen molar-refractivity contribution in [1.82, 2.24) is 0 Å². The highest BCUT2D eigenvalue weighted by molar-refractivity contribution is 7.47. The van der Waals surface area contributed by atoms with Crippen molar-refractivity contribution in [1.29, 1.82) is 0 Å². The molecule has 0 amide bonds. The van der Waals surface area contributed by atoms with E-state index in [0.717, 1.165) is 95.8 Å². The van der Waals surface area contributed by atoms with Crippen LogP contribution in [0.15, 0.2) is 0 Å². The molecule has 17 nitrogen and oxygen atoms in total. The monoisotopic (exact) mass is 1520 g/mol. The number of carbonyl (C=O) groups is 4. The molecule has 3 N–H and O–H groups in total. The number of ether oxygens (including phenoxy) is 4. The van der Waals surface area contributed by atoms with E-state index < -0.39 is 97.5 Å². The number of rotatable bonds is 85. The van der Waals surface area contributed by atoms with Crippen molar-refractivity contribution in [3.8, 4) is 0 Å². The van der Waals surface area contributed by atoms with Crippen LogP contribution in [0.25, 0.3) is 0 Å². The Bertz CT molecular complexity index is 1980. The molecule has 0 fully saturated rings. The third-order valence-electron chi connectivity index (χ3n) is 20.0. The minimum atomic E-state index is -4.96. The van der Waals surface area contributed by atoms with Crippen LogP contribution in [0.1, 0.15) is 458 Å². The Morgan fingerprint density at radius 2 is 0.442 bits per heavy atom. The Morgan fingerprint density at radius 1 is 0.260 bits per heavy atom. The zero-order valence-electron chi connectivity index (χ0n) is 68.2. The molecule has 0 heterocycles. The number of phosphoric ester groups is 2. The minimum Gasteiger partial charge on any atom is -0.462 e. The first kappa shape index (κ1) is 102. The Balaban J connectivity index is 5.21. The molecule has 104 heavy (non-hydrogen) atoms. The summed E-state index contributed by atoms with van der Waals surface area (Å²) in [5.74, 6) is -1.31. The number of unbranched alkanes of at least 4 members (excludes halogenated alkanes) is 57. The number of esters is 4. The highest BCUT2D eigenvalue weighted by atomic mass is 31.2. The highest BCUT2D eigenvalue weighted by Gasteiger charge is 2.30. The number of phosphoric acid groups is 2. The van der Waals surface area contributed by atoms with Crippen molar-refractivity contribution in [3.63, 3.8) is 0 Å². The average Bonchev–Trinajstić information content (AvgIpc) is 0.907. The van der Waals surface area contributed by atoms with Crippen molar-refractivity contribution in [2.45, 2.75) is 477 Å². The molecular formula is C85H166O17P2. The SMILES string of the molecule is CCCCCCCCCCCCCCCCCCCCCC(=O)OC[C@H](COP(=O)(O)OC[C@@H](O)COP(=O)(O)OC[C@@H](COC(=O)CCCCCCCCCCC)OC(=O)CCCCCCCCCCCCCCCCC(C)C)OC(=O)CCCCCCCCCCCCCCCCCCCCC. The smallest absolute Gasteiger partial charge is 0.462 e. The van der Waals surface area contributed by atoms with E-state index in [1.54, 1.807) is 0 Å². The number of carbonyl (C=O) groups excluding carboxylic acids is 4. The third kappa shape index (κ3) is 78.2. The number of aliphatic hydroxyl groups is 1. The molecule has 0 aromatic rings. The van der Waals surface area contributed by atoms with Crippen LogP contribution in [0.3, 0.4) is 0 Å². The molecule has 0 saturated carbocycles. The topological polar surface area (TPSA) is 237 Å². The van der Waals surface area contributed by atoms with E-state index in [4.69, 9.17) is 37.0 Å². The largest absolute Gasteiger partial charge is 0.472 e. The fourth-order valence-corrected chi connectivity index (χ4v) is 14.9. The predicted molar refractivity (Wildman–Crippen MR) is 428 cm³/mol. The van der Waals surface area contributed by atoms with Gasteiger partial charge in [0.1, 0.15) is 19.3 Å². The molecule has 0 aromatic heterocycles. The Hall–Kier alpha value is -1.94. The molecule has 0 aliphatic carbocycles. The van der Waals surface area contributed by atoms with E-state index in [1.807, 2.05) is 0 Å². The summed E-state index contributed by atoms with van der Waals surface area (Å²) in [4.78, 5) is 73.1. The van der Waals surface area contributed by atoms with Gasteiger partial charge in [0.2, 0.25) is 0 Å². The van der Waals surface area contributed by atoms with Crippen molar-refractivity contribution >= 4 is 39.5 Å². The first-order valence-electron chi connectivity index (χ1n) is 44.1. The zero-order chi connectivity index (χ0) is 76.2. The van der Waals surface area contributed by atoms with Gasteiger partial charge in [0, 0.05) is 25.7 Å². The fourth-order valence-electron chi connectivity index (χ4n) is 13.3. The summed E-state index contributed by atoms with van der Waals surface area (Å²) < 4.78 is 68.8. The normalized spacial score (nSPS) is 13.8. The van der Waals surface area contributed by atoms with Gasteiger partial charge in [0.15, 0.2) is 12.2 Å². The quantitative estimate of drug-likeness (QED) is 0.0222. The van der Waals surface area contributed by atoms with Gasteiger partial charge in [-0.15, -0.1) is 0 Å². The van der Waals surface area contributed by atoms with Gasteiger partial charge in [-0.3, -0.25) is 37.3 Å². The van der Waals surface area contributed by atoms with Gasteiger partial charge in [0.05, 0.1) is 26.4 Å². The van der Waals surface area contributed by atoms with E-state index in [-0.39, 0.29) is 25.7 Å².